The number of hydrogen-bond donors (Lipinski definition) is 1. The quantitative estimate of drug-likeness (QED) is 0.901. The molecule has 0 aromatic carbocycles. The number of pyridine rings is 1. The monoisotopic (exact) mass is 343 g/mol. The van der Waals surface area contributed by atoms with Crippen LogP contribution in [0.2, 0.25) is 0 Å². The number of imidazole rings is 1. The van der Waals surface area contributed by atoms with E-state index in [0.29, 0.717) is 24.6 Å². The van der Waals surface area contributed by atoms with Crippen molar-refractivity contribution in [2.75, 3.05) is 0 Å². The molecule has 2 atom stereocenters. The molecule has 0 unspecified atom stereocenters. The summed E-state index contributed by atoms with van der Waals surface area (Å²) in [6.45, 7) is 0.409. The minimum absolute atomic E-state index is 0.0481. The smallest absolute Gasteiger partial charge is 0.223 e. The van der Waals surface area contributed by atoms with E-state index in [1.165, 1.54) is 6.20 Å². The van der Waals surface area contributed by atoms with Crippen LogP contribution in [0.3, 0.4) is 0 Å². The Balaban J connectivity index is 1.59. The fourth-order valence-corrected chi connectivity index (χ4v) is 3.67. The maximum Gasteiger partial charge on any atom is 0.223 e. The molecule has 1 N–H and O–H groups in total. The first-order valence-electron chi connectivity index (χ1n) is 8.75. The molecule has 1 amide bonds. The molecule has 2 aliphatic rings. The summed E-state index contributed by atoms with van der Waals surface area (Å²) in [4.78, 5) is 22.9. The Labute approximate surface area is 146 Å². The van der Waals surface area contributed by atoms with E-state index < -0.39 is 0 Å². The lowest BCUT2D eigenvalue weighted by Gasteiger charge is -2.41. The van der Waals surface area contributed by atoms with Gasteiger partial charge in [-0.3, -0.25) is 9.78 Å². The average Bonchev–Trinajstić information content (AvgIpc) is 3.35. The molecule has 2 aromatic rings. The normalized spacial score (nSPS) is 23.9. The second-order valence-electron chi connectivity index (χ2n) is 6.87. The van der Waals surface area contributed by atoms with Gasteiger partial charge in [0.05, 0.1) is 6.20 Å². The van der Waals surface area contributed by atoms with Crippen LogP contribution in [0.15, 0.2) is 30.9 Å². The second kappa shape index (κ2) is 6.55. The van der Waals surface area contributed by atoms with Crippen molar-refractivity contribution in [3.05, 3.63) is 48.1 Å². The van der Waals surface area contributed by atoms with Crippen molar-refractivity contribution in [3.8, 4) is 0 Å². The van der Waals surface area contributed by atoms with Gasteiger partial charge in [0, 0.05) is 56.3 Å². The lowest BCUT2D eigenvalue weighted by atomic mass is 9.94. The summed E-state index contributed by atoms with van der Waals surface area (Å²) in [5, 5.41) is 3.46. The van der Waals surface area contributed by atoms with E-state index in [1.807, 2.05) is 22.7 Å². The minimum Gasteiger partial charge on any atom is -0.336 e. The Morgan fingerprint density at radius 3 is 2.84 bits per heavy atom. The van der Waals surface area contributed by atoms with E-state index in [2.05, 4.69) is 15.3 Å². The van der Waals surface area contributed by atoms with Crippen molar-refractivity contribution >= 4 is 5.91 Å². The Morgan fingerprint density at radius 2 is 2.16 bits per heavy atom. The standard InChI is InChI=1S/C18H22FN5O/c1-23-9-8-21-18(23)17-15(4-5-16(25)24(17)13-2-3-13)22-10-12-6-7-20-11-14(12)19/h6-9,11,13,15,17,22H,2-5,10H2,1H3/t15-,17-/m1/s1. The highest BCUT2D eigenvalue weighted by atomic mass is 19.1. The molecule has 3 heterocycles. The van der Waals surface area contributed by atoms with Crippen LogP contribution in [-0.2, 0) is 18.4 Å². The third-order valence-corrected chi connectivity index (χ3v) is 5.11. The summed E-state index contributed by atoms with van der Waals surface area (Å²) in [6, 6.07) is 1.94. The maximum absolute atomic E-state index is 13.9. The van der Waals surface area contributed by atoms with Crippen molar-refractivity contribution in [2.24, 2.45) is 7.05 Å². The van der Waals surface area contributed by atoms with Gasteiger partial charge in [-0.25, -0.2) is 9.37 Å². The number of aryl methyl sites for hydroxylation is 1. The highest BCUT2D eigenvalue weighted by molar-refractivity contribution is 5.78. The zero-order valence-electron chi connectivity index (χ0n) is 14.2. The number of piperidine rings is 1. The zero-order valence-corrected chi connectivity index (χ0v) is 14.2. The summed E-state index contributed by atoms with van der Waals surface area (Å²) in [5.74, 6) is 0.769. The fraction of sp³-hybridized carbons (Fsp3) is 0.500. The van der Waals surface area contributed by atoms with Crippen molar-refractivity contribution in [2.45, 2.75) is 50.4 Å². The Morgan fingerprint density at radius 1 is 1.32 bits per heavy atom. The van der Waals surface area contributed by atoms with Gasteiger partial charge in [0.1, 0.15) is 17.7 Å². The van der Waals surface area contributed by atoms with Gasteiger partial charge in [-0.2, -0.15) is 0 Å². The van der Waals surface area contributed by atoms with E-state index in [9.17, 15) is 9.18 Å². The topological polar surface area (TPSA) is 63.1 Å². The van der Waals surface area contributed by atoms with E-state index in [0.717, 1.165) is 25.1 Å². The first-order valence-corrected chi connectivity index (χ1v) is 8.75. The van der Waals surface area contributed by atoms with E-state index >= 15 is 0 Å². The lowest BCUT2D eigenvalue weighted by Crippen LogP contribution is -2.52. The van der Waals surface area contributed by atoms with Crippen LogP contribution in [-0.4, -0.2) is 37.4 Å². The van der Waals surface area contributed by atoms with Gasteiger partial charge in [0.2, 0.25) is 5.91 Å². The molecule has 1 aliphatic carbocycles. The first kappa shape index (κ1) is 16.2. The highest BCUT2D eigenvalue weighted by Crippen LogP contribution is 2.40. The van der Waals surface area contributed by atoms with Gasteiger partial charge in [0.25, 0.3) is 0 Å². The van der Waals surface area contributed by atoms with Crippen LogP contribution in [0.4, 0.5) is 4.39 Å². The van der Waals surface area contributed by atoms with Crippen molar-refractivity contribution < 1.29 is 9.18 Å². The molecular formula is C18H22FN5O. The zero-order chi connectivity index (χ0) is 17.4. The van der Waals surface area contributed by atoms with Crippen molar-refractivity contribution in [1.29, 1.82) is 0 Å². The molecule has 1 saturated carbocycles. The summed E-state index contributed by atoms with van der Waals surface area (Å²) >= 11 is 0. The average molecular weight is 343 g/mol. The molecule has 0 spiro atoms. The number of likely N-dealkylation sites (tertiary alicyclic amines) is 1. The van der Waals surface area contributed by atoms with Crippen LogP contribution in [0.1, 0.15) is 43.1 Å². The molecule has 132 valence electrons. The summed E-state index contributed by atoms with van der Waals surface area (Å²) in [7, 11) is 1.95. The number of carbonyl (C=O) groups is 1. The van der Waals surface area contributed by atoms with Crippen molar-refractivity contribution in [3.63, 3.8) is 0 Å². The maximum atomic E-state index is 13.9. The molecule has 0 radical (unpaired) electrons. The largest absolute Gasteiger partial charge is 0.336 e. The third-order valence-electron chi connectivity index (χ3n) is 5.11. The number of carbonyl (C=O) groups excluding carboxylic acids is 1. The van der Waals surface area contributed by atoms with Crippen LogP contribution >= 0.6 is 0 Å². The number of rotatable bonds is 5. The molecule has 2 fully saturated rings. The fourth-order valence-electron chi connectivity index (χ4n) is 3.67. The minimum atomic E-state index is -0.311. The number of halogens is 1. The summed E-state index contributed by atoms with van der Waals surface area (Å²) in [5.41, 5.74) is 0.587. The van der Waals surface area contributed by atoms with Gasteiger partial charge in [-0.1, -0.05) is 0 Å². The Hall–Kier alpha value is -2.28. The van der Waals surface area contributed by atoms with Gasteiger partial charge < -0.3 is 14.8 Å². The van der Waals surface area contributed by atoms with Gasteiger partial charge >= 0.3 is 0 Å². The lowest BCUT2D eigenvalue weighted by molar-refractivity contribution is -0.139. The van der Waals surface area contributed by atoms with Crippen LogP contribution < -0.4 is 5.32 Å². The molecule has 6 nitrogen and oxygen atoms in total. The third kappa shape index (κ3) is 3.16. The number of amides is 1. The van der Waals surface area contributed by atoms with Crippen LogP contribution in [0.5, 0.6) is 0 Å². The van der Waals surface area contributed by atoms with Crippen LogP contribution in [0.25, 0.3) is 0 Å². The Bertz CT molecular complexity index is 772. The van der Waals surface area contributed by atoms with Gasteiger partial charge in [-0.15, -0.1) is 0 Å². The molecule has 1 saturated heterocycles. The van der Waals surface area contributed by atoms with Gasteiger partial charge in [-0.05, 0) is 25.3 Å². The number of aromatic nitrogens is 3. The predicted octanol–water partition coefficient (Wildman–Crippen LogP) is 1.94. The molecule has 1 aliphatic heterocycles. The molecule has 0 bridgehead atoms. The number of nitrogens with zero attached hydrogens (tertiary/aromatic N) is 4. The molecular weight excluding hydrogens is 321 g/mol. The number of hydrogen-bond acceptors (Lipinski definition) is 4. The molecule has 7 heteroatoms. The van der Waals surface area contributed by atoms with E-state index in [4.69, 9.17) is 0 Å². The SMILES string of the molecule is Cn1ccnc1[C@H]1[C@H](NCc2ccncc2F)CCC(=O)N1C1CC1. The second-order valence-corrected chi connectivity index (χ2v) is 6.87. The number of nitrogens with one attached hydrogen (secondary N) is 1. The summed E-state index contributed by atoms with van der Waals surface area (Å²) < 4.78 is 15.8. The predicted molar refractivity (Wildman–Crippen MR) is 89.9 cm³/mol. The van der Waals surface area contributed by atoms with Gasteiger partial charge in [0.15, 0.2) is 0 Å². The van der Waals surface area contributed by atoms with E-state index in [1.54, 1.807) is 18.5 Å². The summed E-state index contributed by atoms with van der Waals surface area (Å²) in [6.07, 6.45) is 9.85. The van der Waals surface area contributed by atoms with Crippen LogP contribution in [0, 0.1) is 5.82 Å². The Kier molecular flexibility index (Phi) is 4.25. The molecule has 2 aromatic heterocycles. The highest BCUT2D eigenvalue weighted by Gasteiger charge is 2.45. The van der Waals surface area contributed by atoms with Crippen molar-refractivity contribution in [1.82, 2.24) is 24.8 Å². The first-order chi connectivity index (χ1) is 12.1. The molecule has 25 heavy (non-hydrogen) atoms. The molecule has 4 rings (SSSR count). The van der Waals surface area contributed by atoms with E-state index in [-0.39, 0.29) is 23.8 Å².